The van der Waals surface area contributed by atoms with Gasteiger partial charge in [0.1, 0.15) is 9.87 Å². The first-order valence-electron chi connectivity index (χ1n) is 8.09. The van der Waals surface area contributed by atoms with E-state index < -0.39 is 11.8 Å². The number of fused-ring (bicyclic) bond motifs is 1. The van der Waals surface area contributed by atoms with Crippen molar-refractivity contribution in [3.63, 3.8) is 0 Å². The van der Waals surface area contributed by atoms with Gasteiger partial charge in [-0.2, -0.15) is 19.0 Å². The molecule has 0 amide bonds. The van der Waals surface area contributed by atoms with Gasteiger partial charge in [0.25, 0.3) is 0 Å². The van der Waals surface area contributed by atoms with Crippen molar-refractivity contribution in [3.05, 3.63) is 39.6 Å². The monoisotopic (exact) mass is 489 g/mol. The quantitative estimate of drug-likeness (QED) is 0.156. The highest BCUT2D eigenvalue weighted by molar-refractivity contribution is 14.1. The number of hydrazine groups is 1. The molecule has 27 heavy (non-hydrogen) atoms. The van der Waals surface area contributed by atoms with Crippen LogP contribution in [0.5, 0.6) is 0 Å². The van der Waals surface area contributed by atoms with Gasteiger partial charge in [0.15, 0.2) is 0 Å². The van der Waals surface area contributed by atoms with Gasteiger partial charge in [-0.25, -0.2) is 9.99 Å². The minimum atomic E-state index is -3.35. The third-order valence-electron chi connectivity index (χ3n) is 4.15. The van der Waals surface area contributed by atoms with Gasteiger partial charge in [-0.3, -0.25) is 10.4 Å². The summed E-state index contributed by atoms with van der Waals surface area (Å²) in [6.45, 7) is 5.23. The Balaban J connectivity index is 2.36. The lowest BCUT2D eigenvalue weighted by Gasteiger charge is -2.33. The lowest BCUT2D eigenvalue weighted by molar-refractivity contribution is 0.0413. The van der Waals surface area contributed by atoms with Crippen molar-refractivity contribution in [3.8, 4) is 0 Å². The second-order valence-electron chi connectivity index (χ2n) is 5.87. The predicted octanol–water partition coefficient (Wildman–Crippen LogP) is 2.79. The van der Waals surface area contributed by atoms with Crippen LogP contribution in [0.4, 0.5) is 8.78 Å². The molecular weight excluding hydrogens is 467 g/mol. The number of hydrazone groups is 2. The molecule has 2 rings (SSSR count). The number of aromatic nitrogens is 1. The van der Waals surface area contributed by atoms with Crippen LogP contribution < -0.4 is 10.9 Å². The molecule has 0 aliphatic carbocycles. The molecule has 1 heterocycles. The zero-order valence-electron chi connectivity index (χ0n) is 15.5. The number of nitrogens with one attached hydrogen (secondary N) is 2. The Kier molecular flexibility index (Phi) is 6.87. The van der Waals surface area contributed by atoms with E-state index >= 15 is 8.78 Å². The van der Waals surface area contributed by atoms with Gasteiger partial charge >= 0.3 is 5.92 Å². The molecule has 1 unspecified atom stereocenters. The number of nitrogens with zero attached hydrogens (tertiary/aromatic N) is 5. The van der Waals surface area contributed by atoms with E-state index in [4.69, 9.17) is 0 Å². The van der Waals surface area contributed by atoms with Crippen molar-refractivity contribution in [1.29, 1.82) is 0 Å². The third-order valence-corrected chi connectivity index (χ3v) is 4.75. The number of pyridine rings is 1. The zero-order valence-corrected chi connectivity index (χ0v) is 17.7. The van der Waals surface area contributed by atoms with Crippen LogP contribution in [0, 0.1) is 3.70 Å². The summed E-state index contributed by atoms with van der Waals surface area (Å²) >= 11 is 2.08. The molecule has 1 atom stereocenters. The number of halogens is 3. The summed E-state index contributed by atoms with van der Waals surface area (Å²) in [6, 6.07) is 7.91. The van der Waals surface area contributed by atoms with Crippen molar-refractivity contribution >= 4 is 46.0 Å². The van der Waals surface area contributed by atoms with E-state index in [9.17, 15) is 0 Å². The number of benzene rings is 1. The van der Waals surface area contributed by atoms with Gasteiger partial charge in [0.05, 0.1) is 5.52 Å². The molecule has 0 radical (unpaired) electrons. The molecule has 0 fully saturated rings. The van der Waals surface area contributed by atoms with Gasteiger partial charge in [0, 0.05) is 38.8 Å². The first-order valence-corrected chi connectivity index (χ1v) is 9.17. The number of hydrogen-bond acceptors (Lipinski definition) is 6. The molecule has 7 nitrogen and oxygen atoms in total. The standard InChI is InChI=1S/C17H22F2IN7/c1-11(26(4)22-3)27(5)25-16(24-21-2)17(18,19)13-7-8-14-12(10-13)6-9-15(20)23-14/h6-11,21H,3H2,1-2,4-5H3,(H,24,25). The topological polar surface area (TPSA) is 68.2 Å². The van der Waals surface area contributed by atoms with Crippen LogP contribution in [0.1, 0.15) is 12.5 Å². The number of rotatable bonds is 7. The lowest BCUT2D eigenvalue weighted by atomic mass is 10.0. The van der Waals surface area contributed by atoms with Crippen molar-refractivity contribution in [2.75, 3.05) is 21.1 Å². The fourth-order valence-electron chi connectivity index (χ4n) is 2.34. The highest BCUT2D eigenvalue weighted by Gasteiger charge is 2.40. The Morgan fingerprint density at radius 2 is 2.00 bits per heavy atom. The fraction of sp³-hybridized carbons (Fsp3) is 0.353. The van der Waals surface area contributed by atoms with Crippen LogP contribution in [0.15, 0.2) is 40.5 Å². The molecule has 1 aromatic heterocycles. The maximum Gasteiger partial charge on any atom is 0.332 e. The van der Waals surface area contributed by atoms with Gasteiger partial charge in [-0.1, -0.05) is 12.1 Å². The highest BCUT2D eigenvalue weighted by Crippen LogP contribution is 2.31. The first-order chi connectivity index (χ1) is 12.7. The number of hydrogen-bond donors (Lipinski definition) is 2. The van der Waals surface area contributed by atoms with E-state index in [0.717, 1.165) is 3.70 Å². The van der Waals surface area contributed by atoms with Gasteiger partial charge < -0.3 is 5.43 Å². The van der Waals surface area contributed by atoms with Crippen LogP contribution in [0.25, 0.3) is 10.9 Å². The van der Waals surface area contributed by atoms with E-state index in [-0.39, 0.29) is 11.7 Å². The van der Waals surface area contributed by atoms with E-state index in [0.29, 0.717) is 10.9 Å². The smallest absolute Gasteiger partial charge is 0.311 e. The Labute approximate surface area is 170 Å². The molecule has 0 saturated carbocycles. The van der Waals surface area contributed by atoms with E-state index in [1.807, 2.05) is 0 Å². The molecule has 1 aromatic carbocycles. The summed E-state index contributed by atoms with van der Waals surface area (Å²) in [4.78, 5) is 4.33. The summed E-state index contributed by atoms with van der Waals surface area (Å²) in [5.41, 5.74) is 5.56. The lowest BCUT2D eigenvalue weighted by Crippen LogP contribution is -2.54. The average molecular weight is 489 g/mol. The minimum Gasteiger partial charge on any atom is -0.311 e. The normalized spacial score (nSPS) is 13.6. The molecule has 0 aliphatic rings. The largest absolute Gasteiger partial charge is 0.332 e. The molecule has 2 aromatic rings. The van der Waals surface area contributed by atoms with Crippen molar-refractivity contribution < 1.29 is 8.78 Å². The van der Waals surface area contributed by atoms with E-state index in [2.05, 4.69) is 55.3 Å². The Bertz CT molecular complexity index is 843. The fourth-order valence-corrected chi connectivity index (χ4v) is 2.78. The van der Waals surface area contributed by atoms with Gasteiger partial charge in [0.2, 0.25) is 5.84 Å². The molecule has 0 aliphatic heterocycles. The molecule has 0 saturated heterocycles. The molecule has 0 bridgehead atoms. The average Bonchev–Trinajstić information content (AvgIpc) is 2.65. The van der Waals surface area contributed by atoms with Crippen molar-refractivity contribution in [2.45, 2.75) is 19.0 Å². The molecule has 146 valence electrons. The van der Waals surface area contributed by atoms with Gasteiger partial charge in [-0.05, 0) is 47.7 Å². The zero-order chi connectivity index (χ0) is 20.2. The highest BCUT2D eigenvalue weighted by atomic mass is 127. The number of amidine groups is 1. The van der Waals surface area contributed by atoms with E-state index in [1.165, 1.54) is 29.2 Å². The molecule has 10 heteroatoms. The van der Waals surface area contributed by atoms with Gasteiger partial charge in [-0.15, -0.1) is 0 Å². The molecule has 2 N–H and O–H groups in total. The van der Waals surface area contributed by atoms with E-state index in [1.54, 1.807) is 39.2 Å². The number of alkyl halides is 2. The predicted molar refractivity (Wildman–Crippen MR) is 113 cm³/mol. The minimum absolute atomic E-state index is 0.184. The second-order valence-corrected chi connectivity index (χ2v) is 6.97. The molecular formula is C17H22F2IN7. The van der Waals surface area contributed by atoms with Crippen LogP contribution >= 0.6 is 22.6 Å². The van der Waals surface area contributed by atoms with Crippen LogP contribution in [0.2, 0.25) is 0 Å². The van der Waals surface area contributed by atoms with Crippen LogP contribution in [-0.4, -0.2) is 54.9 Å². The summed E-state index contributed by atoms with van der Waals surface area (Å²) in [7, 11) is 4.78. The first kappa shape index (κ1) is 21.2. The van der Waals surface area contributed by atoms with Crippen molar-refractivity contribution in [1.82, 2.24) is 25.9 Å². The molecule has 0 spiro atoms. The summed E-state index contributed by atoms with van der Waals surface area (Å²) in [5, 5.41) is 11.2. The second kappa shape index (κ2) is 8.74. The van der Waals surface area contributed by atoms with Crippen LogP contribution in [-0.2, 0) is 5.92 Å². The SMILES string of the molecule is C=NN(C)C(C)N(C)NC(=NNC)C(F)(F)c1ccc2nc(I)ccc2c1. The Morgan fingerprint density at radius 3 is 2.63 bits per heavy atom. The summed E-state index contributed by atoms with van der Waals surface area (Å²) in [6.07, 6.45) is -0.330. The Hall–Kier alpha value is -2.08. The third kappa shape index (κ3) is 4.80. The summed E-state index contributed by atoms with van der Waals surface area (Å²) < 4.78 is 31.2. The summed E-state index contributed by atoms with van der Waals surface area (Å²) in [5.74, 6) is -3.89. The maximum absolute atomic E-state index is 15.2. The maximum atomic E-state index is 15.2. The Morgan fingerprint density at radius 1 is 1.30 bits per heavy atom. The van der Waals surface area contributed by atoms with Crippen molar-refractivity contribution in [2.24, 2.45) is 10.2 Å². The van der Waals surface area contributed by atoms with Crippen LogP contribution in [0.3, 0.4) is 0 Å².